The Morgan fingerprint density at radius 3 is 2.72 bits per heavy atom. The number of para-hydroxylation sites is 1. The molecule has 2 heterocycles. The molecule has 0 aliphatic carbocycles. The second-order valence-corrected chi connectivity index (χ2v) is 6.65. The Kier molecular flexibility index (Phi) is 4.82. The highest BCUT2D eigenvalue weighted by Gasteiger charge is 2.16. The fourth-order valence-corrected chi connectivity index (χ4v) is 2.90. The van der Waals surface area contributed by atoms with E-state index >= 15 is 0 Å². The summed E-state index contributed by atoms with van der Waals surface area (Å²) >= 11 is 0. The zero-order chi connectivity index (χ0) is 20.4. The molecule has 8 heteroatoms. The van der Waals surface area contributed by atoms with Crippen LogP contribution >= 0.6 is 0 Å². The molecule has 1 amide bonds. The van der Waals surface area contributed by atoms with Crippen LogP contribution in [0.4, 0.5) is 5.69 Å². The molecule has 0 unspecified atom stereocenters. The van der Waals surface area contributed by atoms with E-state index in [1.54, 1.807) is 12.1 Å². The van der Waals surface area contributed by atoms with Crippen LogP contribution in [0.2, 0.25) is 0 Å². The number of benzene rings is 2. The van der Waals surface area contributed by atoms with Gasteiger partial charge in [-0.05, 0) is 43.2 Å². The summed E-state index contributed by atoms with van der Waals surface area (Å²) in [5.74, 6) is 0.412. The van der Waals surface area contributed by atoms with E-state index in [1.807, 2.05) is 50.2 Å². The lowest BCUT2D eigenvalue weighted by atomic mass is 10.1. The molecular formula is C21H19N5O3. The molecule has 2 aromatic carbocycles. The Morgan fingerprint density at radius 2 is 1.93 bits per heavy atom. The first-order chi connectivity index (χ1) is 14.0. The van der Waals surface area contributed by atoms with Gasteiger partial charge in [0, 0.05) is 18.1 Å². The maximum Gasteiger partial charge on any atom is 0.351 e. The van der Waals surface area contributed by atoms with Crippen molar-refractivity contribution in [2.75, 3.05) is 5.32 Å². The van der Waals surface area contributed by atoms with Crippen LogP contribution in [-0.4, -0.2) is 25.1 Å². The van der Waals surface area contributed by atoms with Gasteiger partial charge in [0.2, 0.25) is 11.6 Å². The van der Waals surface area contributed by atoms with Crippen molar-refractivity contribution >= 4 is 17.2 Å². The molecule has 0 radical (unpaired) electrons. The van der Waals surface area contributed by atoms with Crippen molar-refractivity contribution in [2.45, 2.75) is 20.4 Å². The van der Waals surface area contributed by atoms with Crippen molar-refractivity contribution < 1.29 is 9.53 Å². The van der Waals surface area contributed by atoms with Crippen LogP contribution in [0, 0.1) is 13.8 Å². The second-order valence-electron chi connectivity index (χ2n) is 6.65. The van der Waals surface area contributed by atoms with Crippen LogP contribution < -0.4 is 15.7 Å². The van der Waals surface area contributed by atoms with Crippen molar-refractivity contribution in [1.29, 1.82) is 0 Å². The van der Waals surface area contributed by atoms with Crippen LogP contribution in [0.5, 0.6) is 11.6 Å². The normalized spacial score (nSPS) is 10.8. The number of hydrogen-bond acceptors (Lipinski definition) is 5. The van der Waals surface area contributed by atoms with E-state index in [2.05, 4.69) is 15.4 Å². The number of rotatable bonds is 5. The Hall–Kier alpha value is -3.94. The van der Waals surface area contributed by atoms with E-state index in [-0.39, 0.29) is 24.0 Å². The van der Waals surface area contributed by atoms with E-state index in [9.17, 15) is 9.59 Å². The molecule has 0 saturated carbocycles. The average Bonchev–Trinajstić information content (AvgIpc) is 3.02. The van der Waals surface area contributed by atoms with E-state index < -0.39 is 5.69 Å². The van der Waals surface area contributed by atoms with E-state index in [1.165, 1.54) is 16.8 Å². The van der Waals surface area contributed by atoms with Gasteiger partial charge in [-0.2, -0.15) is 0 Å². The van der Waals surface area contributed by atoms with Crippen LogP contribution in [0.15, 0.2) is 65.7 Å². The van der Waals surface area contributed by atoms with Gasteiger partial charge in [0.15, 0.2) is 0 Å². The van der Waals surface area contributed by atoms with Gasteiger partial charge in [0.25, 0.3) is 5.88 Å². The third-order valence-corrected chi connectivity index (χ3v) is 4.39. The first kappa shape index (κ1) is 18.4. The lowest BCUT2D eigenvalue weighted by Crippen LogP contribution is -2.28. The molecule has 4 aromatic rings. The lowest BCUT2D eigenvalue weighted by Gasteiger charge is -2.08. The number of nitrogens with one attached hydrogen (secondary N) is 1. The number of fused-ring (bicyclic) bond motifs is 1. The van der Waals surface area contributed by atoms with Gasteiger partial charge in [-0.3, -0.25) is 4.79 Å². The van der Waals surface area contributed by atoms with Gasteiger partial charge in [-0.25, -0.2) is 18.9 Å². The number of nitrogens with zero attached hydrogens (tertiary/aromatic N) is 4. The van der Waals surface area contributed by atoms with E-state index in [4.69, 9.17) is 4.74 Å². The summed E-state index contributed by atoms with van der Waals surface area (Å²) in [5, 5.41) is 7.08. The largest absolute Gasteiger partial charge is 0.436 e. The van der Waals surface area contributed by atoms with Crippen LogP contribution in [0.25, 0.3) is 5.65 Å². The van der Waals surface area contributed by atoms with E-state index in [0.717, 1.165) is 15.8 Å². The van der Waals surface area contributed by atoms with Gasteiger partial charge in [0.05, 0.1) is 0 Å². The van der Waals surface area contributed by atoms with Crippen molar-refractivity contribution in [2.24, 2.45) is 0 Å². The highest BCUT2D eigenvalue weighted by Crippen LogP contribution is 2.21. The zero-order valence-corrected chi connectivity index (χ0v) is 16.0. The van der Waals surface area contributed by atoms with Gasteiger partial charge in [-0.15, -0.1) is 5.10 Å². The fourth-order valence-electron chi connectivity index (χ4n) is 2.90. The molecule has 2 aromatic heterocycles. The molecule has 146 valence electrons. The molecular weight excluding hydrogens is 370 g/mol. The molecule has 8 nitrogen and oxygen atoms in total. The smallest absolute Gasteiger partial charge is 0.351 e. The summed E-state index contributed by atoms with van der Waals surface area (Å²) in [7, 11) is 0. The number of aryl methyl sites for hydroxylation is 2. The molecule has 0 saturated heterocycles. The van der Waals surface area contributed by atoms with Crippen LogP contribution in [0.1, 0.15) is 11.1 Å². The molecule has 0 atom stereocenters. The van der Waals surface area contributed by atoms with Crippen molar-refractivity contribution in [3.8, 4) is 11.6 Å². The van der Waals surface area contributed by atoms with Crippen LogP contribution in [-0.2, 0) is 11.3 Å². The van der Waals surface area contributed by atoms with E-state index in [0.29, 0.717) is 11.4 Å². The number of ether oxygens (including phenoxy) is 1. The second kappa shape index (κ2) is 7.59. The predicted molar refractivity (Wildman–Crippen MR) is 108 cm³/mol. The number of aromatic nitrogens is 4. The van der Waals surface area contributed by atoms with Gasteiger partial charge in [-0.1, -0.05) is 30.3 Å². The number of amides is 1. The minimum atomic E-state index is -0.448. The standard InChI is InChI=1S/C21H19N5O3/c1-14-8-9-15(2)17(12-14)23-18(27)13-26-21(28)25-11-10-22-20(19(25)24-26)29-16-6-4-3-5-7-16/h3-12H,13H2,1-2H3,(H,23,27). The number of carbonyl (C=O) groups excluding carboxylic acids is 1. The molecule has 0 bridgehead atoms. The third kappa shape index (κ3) is 3.86. The van der Waals surface area contributed by atoms with Gasteiger partial charge < -0.3 is 10.1 Å². The average molecular weight is 389 g/mol. The summed E-state index contributed by atoms with van der Waals surface area (Å²) < 4.78 is 8.14. The van der Waals surface area contributed by atoms with Crippen LogP contribution in [0.3, 0.4) is 0 Å². The monoisotopic (exact) mass is 389 g/mol. The molecule has 0 spiro atoms. The molecule has 4 rings (SSSR count). The SMILES string of the molecule is Cc1ccc(C)c(NC(=O)Cn2nc3c(Oc4ccccc4)nccn3c2=O)c1. The maximum absolute atomic E-state index is 12.6. The summed E-state index contributed by atoms with van der Waals surface area (Å²) in [6.07, 6.45) is 2.94. The fraction of sp³-hybridized carbons (Fsp3) is 0.143. The number of hydrogen-bond donors (Lipinski definition) is 1. The zero-order valence-electron chi connectivity index (χ0n) is 16.0. The number of carbonyl (C=O) groups is 1. The minimum Gasteiger partial charge on any atom is -0.436 e. The predicted octanol–water partition coefficient (Wildman–Crippen LogP) is 2.94. The van der Waals surface area contributed by atoms with Crippen molar-refractivity contribution in [3.05, 3.63) is 82.5 Å². The summed E-state index contributed by atoms with van der Waals surface area (Å²) in [4.78, 5) is 29.3. The van der Waals surface area contributed by atoms with Crippen molar-refractivity contribution in [1.82, 2.24) is 19.2 Å². The molecule has 1 N–H and O–H groups in total. The highest BCUT2D eigenvalue weighted by molar-refractivity contribution is 5.91. The third-order valence-electron chi connectivity index (χ3n) is 4.39. The quantitative estimate of drug-likeness (QED) is 0.567. The molecule has 0 aliphatic rings. The van der Waals surface area contributed by atoms with Crippen molar-refractivity contribution in [3.63, 3.8) is 0 Å². The molecule has 0 fully saturated rings. The summed E-state index contributed by atoms with van der Waals surface area (Å²) in [6, 6.07) is 14.9. The minimum absolute atomic E-state index is 0.185. The first-order valence-electron chi connectivity index (χ1n) is 9.05. The number of anilines is 1. The Balaban J connectivity index is 1.60. The maximum atomic E-state index is 12.6. The summed E-state index contributed by atoms with van der Waals surface area (Å²) in [6.45, 7) is 3.63. The highest BCUT2D eigenvalue weighted by atomic mass is 16.5. The topological polar surface area (TPSA) is 90.5 Å². The lowest BCUT2D eigenvalue weighted by molar-refractivity contribution is -0.117. The first-order valence-corrected chi connectivity index (χ1v) is 9.05. The van der Waals surface area contributed by atoms with Gasteiger partial charge in [0.1, 0.15) is 12.3 Å². The Morgan fingerprint density at radius 1 is 1.14 bits per heavy atom. The Bertz CT molecular complexity index is 1240. The summed E-state index contributed by atoms with van der Waals surface area (Å²) in [5.41, 5.74) is 2.47. The molecule has 29 heavy (non-hydrogen) atoms. The van der Waals surface area contributed by atoms with Gasteiger partial charge >= 0.3 is 5.69 Å². The molecule has 0 aliphatic heterocycles. The Labute approximate surface area is 166 Å².